The Kier molecular flexibility index (Phi) is 3.93. The van der Waals surface area contributed by atoms with Gasteiger partial charge < -0.3 is 9.64 Å². The monoisotopic (exact) mass is 314 g/mol. The highest BCUT2D eigenvalue weighted by atomic mass is 79.9. The highest BCUT2D eigenvalue weighted by Gasteiger charge is 2.22. The van der Waals surface area contributed by atoms with E-state index in [0.29, 0.717) is 36.3 Å². The summed E-state index contributed by atoms with van der Waals surface area (Å²) >= 11 is 3.25. The molecule has 1 aromatic carbocycles. The van der Waals surface area contributed by atoms with Gasteiger partial charge in [0, 0.05) is 29.7 Å². The molecule has 0 saturated carbocycles. The molecule has 2 rings (SSSR count). The number of carbonyl (C=O) groups excluding carboxylic acids is 1. The largest absolute Gasteiger partial charge is 0.378 e. The Hall–Kier alpha value is -1.47. The van der Waals surface area contributed by atoms with Crippen molar-refractivity contribution in [2.24, 2.45) is 0 Å². The van der Waals surface area contributed by atoms with Gasteiger partial charge in [0.1, 0.15) is 0 Å². The van der Waals surface area contributed by atoms with Crippen LogP contribution >= 0.6 is 15.9 Å². The lowest BCUT2D eigenvalue weighted by molar-refractivity contribution is -0.384. The molecule has 0 atom stereocenters. The Labute approximate surface area is 112 Å². The molecule has 96 valence electrons. The van der Waals surface area contributed by atoms with Crippen LogP contribution in [0.2, 0.25) is 0 Å². The van der Waals surface area contributed by atoms with Crippen LogP contribution in [0.1, 0.15) is 10.4 Å². The third-order valence-corrected chi connectivity index (χ3v) is 3.38. The van der Waals surface area contributed by atoms with Crippen LogP contribution in [0.15, 0.2) is 22.7 Å². The van der Waals surface area contributed by atoms with E-state index in [-0.39, 0.29) is 11.6 Å². The smallest absolute Gasteiger partial charge is 0.270 e. The molecule has 18 heavy (non-hydrogen) atoms. The number of hydrogen-bond acceptors (Lipinski definition) is 4. The quantitative estimate of drug-likeness (QED) is 0.616. The van der Waals surface area contributed by atoms with E-state index in [9.17, 15) is 14.9 Å². The highest BCUT2D eigenvalue weighted by Crippen LogP contribution is 2.24. The van der Waals surface area contributed by atoms with E-state index in [2.05, 4.69) is 15.9 Å². The first-order valence-electron chi connectivity index (χ1n) is 5.40. The highest BCUT2D eigenvalue weighted by molar-refractivity contribution is 9.10. The standard InChI is InChI=1S/C11H11BrN2O4/c12-10-2-1-8(14(16)17)7-9(10)11(15)13-3-5-18-6-4-13/h1-2,7H,3-6H2. The first-order valence-corrected chi connectivity index (χ1v) is 6.20. The van der Waals surface area contributed by atoms with Crippen molar-refractivity contribution in [2.75, 3.05) is 26.3 Å². The van der Waals surface area contributed by atoms with Crippen LogP contribution in [0.5, 0.6) is 0 Å². The van der Waals surface area contributed by atoms with Gasteiger partial charge in [0.05, 0.1) is 23.7 Å². The number of halogens is 1. The van der Waals surface area contributed by atoms with Gasteiger partial charge in [0.2, 0.25) is 0 Å². The maximum Gasteiger partial charge on any atom is 0.270 e. The first kappa shape index (κ1) is 13.0. The molecule has 0 unspecified atom stereocenters. The Morgan fingerprint density at radius 1 is 1.39 bits per heavy atom. The summed E-state index contributed by atoms with van der Waals surface area (Å²) in [6.07, 6.45) is 0. The molecule has 0 radical (unpaired) electrons. The molecule has 1 aromatic rings. The topological polar surface area (TPSA) is 72.7 Å². The molecule has 0 N–H and O–H groups in total. The number of nitrogens with zero attached hydrogens (tertiary/aromatic N) is 2. The SMILES string of the molecule is O=C(c1cc([N+](=O)[O-])ccc1Br)N1CCOCC1. The summed E-state index contributed by atoms with van der Waals surface area (Å²) in [4.78, 5) is 24.0. The number of nitro groups is 1. The zero-order valence-corrected chi connectivity index (χ0v) is 11.1. The summed E-state index contributed by atoms with van der Waals surface area (Å²) in [6, 6.07) is 4.17. The van der Waals surface area contributed by atoms with Crippen LogP contribution < -0.4 is 0 Å². The predicted molar refractivity (Wildman–Crippen MR) is 67.5 cm³/mol. The number of morpholine rings is 1. The van der Waals surface area contributed by atoms with E-state index in [4.69, 9.17) is 4.74 Å². The van der Waals surface area contributed by atoms with Crippen molar-refractivity contribution in [1.29, 1.82) is 0 Å². The number of nitro benzene ring substituents is 1. The van der Waals surface area contributed by atoms with E-state index in [1.165, 1.54) is 18.2 Å². The molecule has 6 nitrogen and oxygen atoms in total. The van der Waals surface area contributed by atoms with Crippen LogP contribution in [-0.2, 0) is 4.74 Å². The molecule has 0 bridgehead atoms. The van der Waals surface area contributed by atoms with Crippen LogP contribution in [0.3, 0.4) is 0 Å². The lowest BCUT2D eigenvalue weighted by atomic mass is 10.1. The second-order valence-electron chi connectivity index (χ2n) is 3.83. The van der Waals surface area contributed by atoms with Crippen molar-refractivity contribution in [3.05, 3.63) is 38.3 Å². The Morgan fingerprint density at radius 2 is 2.06 bits per heavy atom. The zero-order chi connectivity index (χ0) is 13.1. The summed E-state index contributed by atoms with van der Waals surface area (Å²) in [5.41, 5.74) is 0.223. The van der Waals surface area contributed by atoms with E-state index in [1.54, 1.807) is 4.90 Å². The van der Waals surface area contributed by atoms with Crippen molar-refractivity contribution < 1.29 is 14.5 Å². The number of non-ortho nitro benzene ring substituents is 1. The van der Waals surface area contributed by atoms with Gasteiger partial charge in [0.25, 0.3) is 11.6 Å². The molecular formula is C11H11BrN2O4. The number of ether oxygens (including phenoxy) is 1. The minimum absolute atomic E-state index is 0.0881. The van der Waals surface area contributed by atoms with Crippen LogP contribution in [0, 0.1) is 10.1 Å². The molecular weight excluding hydrogens is 304 g/mol. The average molecular weight is 315 g/mol. The van der Waals surface area contributed by atoms with Gasteiger partial charge in [-0.25, -0.2) is 0 Å². The summed E-state index contributed by atoms with van der Waals surface area (Å²) in [6.45, 7) is 2.01. The Balaban J connectivity index is 2.28. The number of rotatable bonds is 2. The summed E-state index contributed by atoms with van der Waals surface area (Å²) in [5.74, 6) is -0.214. The molecule has 1 heterocycles. The van der Waals surface area contributed by atoms with Crippen molar-refractivity contribution in [3.8, 4) is 0 Å². The van der Waals surface area contributed by atoms with Gasteiger partial charge in [-0.1, -0.05) is 0 Å². The normalized spacial score (nSPS) is 15.5. The molecule has 1 aliphatic rings. The van der Waals surface area contributed by atoms with Crippen LogP contribution in [0.4, 0.5) is 5.69 Å². The molecule has 1 fully saturated rings. The average Bonchev–Trinajstić information content (AvgIpc) is 2.39. The molecule has 0 aliphatic carbocycles. The minimum Gasteiger partial charge on any atom is -0.378 e. The van der Waals surface area contributed by atoms with Crippen molar-refractivity contribution >= 4 is 27.5 Å². The zero-order valence-electron chi connectivity index (χ0n) is 9.47. The fraction of sp³-hybridized carbons (Fsp3) is 0.364. The molecule has 7 heteroatoms. The predicted octanol–water partition coefficient (Wildman–Crippen LogP) is 1.83. The number of amides is 1. The van der Waals surface area contributed by atoms with Crippen molar-refractivity contribution in [3.63, 3.8) is 0 Å². The van der Waals surface area contributed by atoms with Crippen molar-refractivity contribution in [2.45, 2.75) is 0 Å². The van der Waals surface area contributed by atoms with Crippen LogP contribution in [-0.4, -0.2) is 42.0 Å². The molecule has 0 spiro atoms. The van der Waals surface area contributed by atoms with E-state index < -0.39 is 4.92 Å². The molecule has 1 aliphatic heterocycles. The lowest BCUT2D eigenvalue weighted by Crippen LogP contribution is -2.40. The van der Waals surface area contributed by atoms with Gasteiger partial charge in [-0.15, -0.1) is 0 Å². The Morgan fingerprint density at radius 3 is 2.67 bits per heavy atom. The van der Waals surface area contributed by atoms with E-state index >= 15 is 0 Å². The van der Waals surface area contributed by atoms with E-state index in [0.717, 1.165) is 0 Å². The molecule has 1 saturated heterocycles. The second kappa shape index (κ2) is 5.45. The number of carbonyl (C=O) groups is 1. The second-order valence-corrected chi connectivity index (χ2v) is 4.68. The molecule has 0 aromatic heterocycles. The van der Waals surface area contributed by atoms with E-state index in [1.807, 2.05) is 0 Å². The van der Waals surface area contributed by atoms with Crippen molar-refractivity contribution in [1.82, 2.24) is 4.90 Å². The lowest BCUT2D eigenvalue weighted by Gasteiger charge is -2.27. The number of benzene rings is 1. The molecule has 1 amide bonds. The summed E-state index contributed by atoms with van der Waals surface area (Å²) < 4.78 is 5.72. The van der Waals surface area contributed by atoms with Gasteiger partial charge in [-0.3, -0.25) is 14.9 Å². The summed E-state index contributed by atoms with van der Waals surface area (Å²) in [7, 11) is 0. The Bertz CT molecular complexity index is 486. The van der Waals surface area contributed by atoms with Gasteiger partial charge in [-0.2, -0.15) is 0 Å². The van der Waals surface area contributed by atoms with Gasteiger partial charge in [-0.05, 0) is 22.0 Å². The maximum atomic E-state index is 12.2. The van der Waals surface area contributed by atoms with Gasteiger partial charge in [0.15, 0.2) is 0 Å². The third-order valence-electron chi connectivity index (χ3n) is 2.69. The first-order chi connectivity index (χ1) is 8.59. The third kappa shape index (κ3) is 2.68. The summed E-state index contributed by atoms with van der Waals surface area (Å²) in [5, 5.41) is 10.7. The number of hydrogen-bond donors (Lipinski definition) is 0. The van der Waals surface area contributed by atoms with Crippen LogP contribution in [0.25, 0.3) is 0 Å². The fourth-order valence-electron chi connectivity index (χ4n) is 1.73. The fourth-order valence-corrected chi connectivity index (χ4v) is 2.14. The maximum absolute atomic E-state index is 12.2. The minimum atomic E-state index is -0.511. The van der Waals surface area contributed by atoms with Gasteiger partial charge >= 0.3 is 0 Å².